The zero-order valence-corrected chi connectivity index (χ0v) is 17.8. The van der Waals surface area contributed by atoms with E-state index in [-0.39, 0.29) is 5.91 Å². The van der Waals surface area contributed by atoms with Crippen LogP contribution in [-0.4, -0.2) is 61.2 Å². The third-order valence-corrected chi connectivity index (χ3v) is 6.22. The van der Waals surface area contributed by atoms with Crippen LogP contribution in [0.5, 0.6) is 17.2 Å². The van der Waals surface area contributed by atoms with Gasteiger partial charge in [-0.15, -0.1) is 0 Å². The number of phenols is 1. The molecule has 0 aliphatic carbocycles. The van der Waals surface area contributed by atoms with Crippen LogP contribution in [0.1, 0.15) is 34.3 Å². The summed E-state index contributed by atoms with van der Waals surface area (Å²) in [6.45, 7) is 4.55. The normalized spacial score (nSPS) is 19.1. The van der Waals surface area contributed by atoms with Crippen molar-refractivity contribution in [2.24, 2.45) is 5.92 Å². The number of ether oxygens (including phenoxy) is 2. The molecule has 2 aromatic carbocycles. The van der Waals surface area contributed by atoms with Crippen molar-refractivity contribution in [2.75, 3.05) is 40.4 Å². The summed E-state index contributed by atoms with van der Waals surface area (Å²) in [5.41, 5.74) is 2.98. The molecule has 2 heterocycles. The van der Waals surface area contributed by atoms with Crippen molar-refractivity contribution < 1.29 is 19.4 Å². The third kappa shape index (κ3) is 4.38. The van der Waals surface area contributed by atoms with Gasteiger partial charge in [0.15, 0.2) is 11.5 Å². The molecule has 6 nitrogen and oxygen atoms in total. The van der Waals surface area contributed by atoms with E-state index in [0.717, 1.165) is 56.6 Å². The zero-order chi connectivity index (χ0) is 21.1. The molecule has 1 unspecified atom stereocenters. The Labute approximate surface area is 178 Å². The van der Waals surface area contributed by atoms with Gasteiger partial charge in [0.1, 0.15) is 5.75 Å². The summed E-state index contributed by atoms with van der Waals surface area (Å²) in [6.07, 6.45) is 3.29. The van der Waals surface area contributed by atoms with E-state index in [1.165, 1.54) is 5.56 Å². The van der Waals surface area contributed by atoms with Crippen molar-refractivity contribution in [3.05, 3.63) is 53.1 Å². The quantitative estimate of drug-likeness (QED) is 0.759. The highest BCUT2D eigenvalue weighted by molar-refractivity contribution is 5.99. The lowest BCUT2D eigenvalue weighted by atomic mass is 9.97. The third-order valence-electron chi connectivity index (χ3n) is 6.22. The Kier molecular flexibility index (Phi) is 6.13. The predicted molar refractivity (Wildman–Crippen MR) is 115 cm³/mol. The molecule has 0 spiro atoms. The largest absolute Gasteiger partial charge is 0.508 e. The molecule has 0 aromatic heterocycles. The highest BCUT2D eigenvalue weighted by Crippen LogP contribution is 2.35. The minimum Gasteiger partial charge on any atom is -0.508 e. The Balaban J connectivity index is 1.34. The number of piperidine rings is 1. The van der Waals surface area contributed by atoms with Crippen LogP contribution in [-0.2, 0) is 13.0 Å². The van der Waals surface area contributed by atoms with Gasteiger partial charge in [-0.25, -0.2) is 0 Å². The van der Waals surface area contributed by atoms with Gasteiger partial charge in [-0.05, 0) is 67.1 Å². The average Bonchev–Trinajstić information content (AvgIpc) is 3.07. The number of fused-ring (bicyclic) bond motifs is 1. The van der Waals surface area contributed by atoms with Crippen molar-refractivity contribution in [2.45, 2.75) is 25.8 Å². The maximum Gasteiger partial charge on any atom is 0.254 e. The molecule has 1 atom stereocenters. The fourth-order valence-electron chi connectivity index (χ4n) is 4.61. The standard InChI is InChI=1S/C24H30N2O4/c1-29-22-12-19-16-26(24(28)21(19)13-23(22)30-2)15-18-4-3-10-25(14-18)11-9-17-5-7-20(27)8-6-17/h5-8,12-13,18,27H,3-4,9-11,14-16H2,1-2H3. The van der Waals surface area contributed by atoms with Crippen LogP contribution in [0, 0.1) is 5.92 Å². The molecule has 1 saturated heterocycles. The number of nitrogens with zero attached hydrogens (tertiary/aromatic N) is 2. The summed E-state index contributed by atoms with van der Waals surface area (Å²) in [4.78, 5) is 17.4. The summed E-state index contributed by atoms with van der Waals surface area (Å²) in [7, 11) is 3.21. The van der Waals surface area contributed by atoms with Crippen molar-refractivity contribution in [1.29, 1.82) is 0 Å². The molecule has 0 saturated carbocycles. The Morgan fingerprint density at radius 1 is 1.10 bits per heavy atom. The summed E-state index contributed by atoms with van der Waals surface area (Å²) < 4.78 is 10.8. The molecule has 2 aliphatic heterocycles. The van der Waals surface area contributed by atoms with Gasteiger partial charge in [0.2, 0.25) is 0 Å². The van der Waals surface area contributed by atoms with Gasteiger partial charge < -0.3 is 24.4 Å². The number of benzene rings is 2. The number of methoxy groups -OCH3 is 2. The second-order valence-corrected chi connectivity index (χ2v) is 8.28. The maximum absolute atomic E-state index is 13.0. The van der Waals surface area contributed by atoms with Gasteiger partial charge in [0, 0.05) is 31.7 Å². The summed E-state index contributed by atoms with van der Waals surface area (Å²) >= 11 is 0. The highest BCUT2D eigenvalue weighted by atomic mass is 16.5. The number of hydrogen-bond donors (Lipinski definition) is 1. The Morgan fingerprint density at radius 2 is 1.83 bits per heavy atom. The van der Waals surface area contributed by atoms with Crippen LogP contribution in [0.4, 0.5) is 0 Å². The summed E-state index contributed by atoms with van der Waals surface area (Å²) in [6, 6.07) is 11.2. The molecule has 1 fully saturated rings. The van der Waals surface area contributed by atoms with Crippen molar-refractivity contribution >= 4 is 5.91 Å². The lowest BCUT2D eigenvalue weighted by Crippen LogP contribution is -2.41. The van der Waals surface area contributed by atoms with Gasteiger partial charge >= 0.3 is 0 Å². The number of amides is 1. The first kappa shape index (κ1) is 20.5. The molecule has 2 aromatic rings. The highest BCUT2D eigenvalue weighted by Gasteiger charge is 2.32. The number of likely N-dealkylation sites (tertiary alicyclic amines) is 1. The Hall–Kier alpha value is -2.73. The van der Waals surface area contributed by atoms with E-state index in [4.69, 9.17) is 9.47 Å². The smallest absolute Gasteiger partial charge is 0.254 e. The van der Waals surface area contributed by atoms with Crippen molar-refractivity contribution in [3.8, 4) is 17.2 Å². The molecular formula is C24H30N2O4. The molecular weight excluding hydrogens is 380 g/mol. The second kappa shape index (κ2) is 8.96. The molecule has 0 bridgehead atoms. The lowest BCUT2D eigenvalue weighted by Gasteiger charge is -2.34. The number of carbonyl (C=O) groups is 1. The number of carbonyl (C=O) groups excluding carboxylic acids is 1. The molecule has 1 N–H and O–H groups in total. The van der Waals surface area contributed by atoms with Crippen LogP contribution in [0.25, 0.3) is 0 Å². The molecule has 4 rings (SSSR count). The predicted octanol–water partition coefficient (Wildman–Crippen LogP) is 3.32. The van der Waals surface area contributed by atoms with E-state index in [1.54, 1.807) is 32.4 Å². The Morgan fingerprint density at radius 3 is 2.57 bits per heavy atom. The van der Waals surface area contributed by atoms with Crippen LogP contribution < -0.4 is 9.47 Å². The summed E-state index contributed by atoms with van der Waals surface area (Å²) in [5.74, 6) is 2.16. The van der Waals surface area contributed by atoms with E-state index in [9.17, 15) is 9.90 Å². The summed E-state index contributed by atoms with van der Waals surface area (Å²) in [5, 5.41) is 9.43. The van der Waals surface area contributed by atoms with E-state index in [2.05, 4.69) is 4.90 Å². The van der Waals surface area contributed by atoms with Crippen molar-refractivity contribution in [3.63, 3.8) is 0 Å². The van der Waals surface area contributed by atoms with Gasteiger partial charge in [-0.3, -0.25) is 4.79 Å². The molecule has 1 amide bonds. The monoisotopic (exact) mass is 410 g/mol. The second-order valence-electron chi connectivity index (χ2n) is 8.28. The number of hydrogen-bond acceptors (Lipinski definition) is 5. The minimum atomic E-state index is 0.0900. The van der Waals surface area contributed by atoms with Crippen LogP contribution in [0.3, 0.4) is 0 Å². The van der Waals surface area contributed by atoms with Gasteiger partial charge in [0.25, 0.3) is 5.91 Å². The van der Waals surface area contributed by atoms with Crippen molar-refractivity contribution in [1.82, 2.24) is 9.80 Å². The van der Waals surface area contributed by atoms with E-state index in [1.807, 2.05) is 23.1 Å². The number of phenolic OH excluding ortho intramolecular Hbond substituents is 1. The van der Waals surface area contributed by atoms with Crippen LogP contribution in [0.15, 0.2) is 36.4 Å². The fourth-order valence-corrected chi connectivity index (χ4v) is 4.61. The van der Waals surface area contributed by atoms with E-state index in [0.29, 0.717) is 29.7 Å². The number of aromatic hydroxyl groups is 1. The minimum absolute atomic E-state index is 0.0900. The topological polar surface area (TPSA) is 62.2 Å². The first-order valence-corrected chi connectivity index (χ1v) is 10.6. The average molecular weight is 411 g/mol. The molecule has 160 valence electrons. The maximum atomic E-state index is 13.0. The Bertz CT molecular complexity index is 897. The molecule has 2 aliphatic rings. The first-order chi connectivity index (χ1) is 14.6. The zero-order valence-electron chi connectivity index (χ0n) is 17.8. The van der Waals surface area contributed by atoms with Gasteiger partial charge in [-0.2, -0.15) is 0 Å². The van der Waals surface area contributed by atoms with Gasteiger partial charge in [0.05, 0.1) is 14.2 Å². The van der Waals surface area contributed by atoms with E-state index < -0.39 is 0 Å². The molecule has 6 heteroatoms. The van der Waals surface area contributed by atoms with Gasteiger partial charge in [-0.1, -0.05) is 12.1 Å². The SMILES string of the molecule is COc1cc2c(cc1OC)C(=O)N(CC1CCCN(CCc3ccc(O)cc3)C1)C2. The lowest BCUT2D eigenvalue weighted by molar-refractivity contribution is 0.0703. The first-order valence-electron chi connectivity index (χ1n) is 10.6. The van der Waals surface area contributed by atoms with Crippen LogP contribution in [0.2, 0.25) is 0 Å². The number of rotatable bonds is 7. The fraction of sp³-hybridized carbons (Fsp3) is 0.458. The van der Waals surface area contributed by atoms with Crippen LogP contribution >= 0.6 is 0 Å². The molecule has 30 heavy (non-hydrogen) atoms. The van der Waals surface area contributed by atoms with E-state index >= 15 is 0 Å². The molecule has 0 radical (unpaired) electrons.